The second-order valence-electron chi connectivity index (χ2n) is 25.7. The summed E-state index contributed by atoms with van der Waals surface area (Å²) >= 11 is 0. The van der Waals surface area contributed by atoms with Gasteiger partial charge < -0.3 is 19.6 Å². The molecular formula is C97H70N4. The second-order valence-corrected chi connectivity index (χ2v) is 25.7. The lowest BCUT2D eigenvalue weighted by atomic mass is 9.67. The first kappa shape index (κ1) is 61.3. The zero-order valence-corrected chi connectivity index (χ0v) is 55.7. The molecule has 0 atom stereocenters. The van der Waals surface area contributed by atoms with E-state index in [2.05, 4.69) is 444 Å². The van der Waals surface area contributed by atoms with Crippen LogP contribution in [-0.2, 0) is 5.41 Å². The molecular weight excluding hydrogens is 1220 g/mol. The minimum absolute atomic E-state index is 0.990. The van der Waals surface area contributed by atoms with Gasteiger partial charge in [-0.2, -0.15) is 0 Å². The standard InChI is InChI=1S/C97H70N4/c1-9-29-71(30-10-1)75-49-57-85(58-50-75)98(81-37-17-5-18-38-81)89-65-79(66-90(69-89)99(82-39-19-6-20-40-82)86-59-51-76(52-60-86)72-31-11-2-12-32-72)97(95-47-27-25-45-93(95)94-46-26-28-48-96(94)97)80-67-91(100(83-41-21-7-22-42-83)87-61-53-77(54-62-87)73-33-13-3-14-34-73)70-92(68-80)101(84-43-23-8-24-44-84)88-63-55-78(56-64-88)74-35-15-4-16-36-74/h1-70H. The van der Waals surface area contributed by atoms with Gasteiger partial charge in [0.05, 0.1) is 5.41 Å². The number of hydrogen-bond acceptors (Lipinski definition) is 4. The van der Waals surface area contributed by atoms with E-state index in [1.807, 2.05) is 0 Å². The van der Waals surface area contributed by atoms with E-state index in [4.69, 9.17) is 0 Å². The molecule has 101 heavy (non-hydrogen) atoms. The quantitative estimate of drug-likeness (QED) is 0.0849. The SMILES string of the molecule is c1ccc(-c2ccc(N(c3ccccc3)c3cc(N(c4ccccc4)c4ccc(-c5ccccc5)cc4)cc(C4(c5cc(N(c6ccccc6)c6ccc(-c7ccccc7)cc6)cc(N(c6ccccc6)c6ccc(-c7ccccc7)cc6)c5)c5ccccc5-c5ccccc54)c3)cc2)cc1. The van der Waals surface area contributed by atoms with Gasteiger partial charge >= 0.3 is 0 Å². The molecule has 4 heteroatoms. The summed E-state index contributed by atoms with van der Waals surface area (Å²) in [5.74, 6) is 0. The number of hydrogen-bond donors (Lipinski definition) is 0. The Balaban J connectivity index is 0.983. The smallest absolute Gasteiger partial charge is 0.0716 e. The average Bonchev–Trinajstić information content (AvgIpc) is 1.56. The Morgan fingerprint density at radius 1 is 0.139 bits per heavy atom. The number of nitrogens with zero attached hydrogens (tertiary/aromatic N) is 4. The third-order valence-corrected chi connectivity index (χ3v) is 19.6. The van der Waals surface area contributed by atoms with Crippen LogP contribution in [0.5, 0.6) is 0 Å². The molecule has 0 unspecified atom stereocenters. The lowest BCUT2D eigenvalue weighted by Gasteiger charge is -2.38. The molecule has 17 rings (SSSR count). The Bertz CT molecular complexity index is 4830. The van der Waals surface area contributed by atoms with Crippen molar-refractivity contribution in [1.29, 1.82) is 0 Å². The lowest BCUT2D eigenvalue weighted by molar-refractivity contribution is 0.768. The second kappa shape index (κ2) is 27.3. The highest BCUT2D eigenvalue weighted by Gasteiger charge is 2.47. The third kappa shape index (κ3) is 11.9. The molecule has 0 saturated carbocycles. The van der Waals surface area contributed by atoms with Crippen LogP contribution in [0.4, 0.5) is 68.2 Å². The van der Waals surface area contributed by atoms with Crippen LogP contribution < -0.4 is 19.6 Å². The topological polar surface area (TPSA) is 13.0 Å². The maximum Gasteiger partial charge on any atom is 0.0716 e. The van der Waals surface area contributed by atoms with Crippen molar-refractivity contribution in [3.8, 4) is 55.6 Å². The van der Waals surface area contributed by atoms with Crippen molar-refractivity contribution in [2.24, 2.45) is 0 Å². The molecule has 0 aliphatic heterocycles. The number of anilines is 12. The Morgan fingerprint density at radius 2 is 0.317 bits per heavy atom. The van der Waals surface area contributed by atoms with Crippen molar-refractivity contribution in [2.45, 2.75) is 5.41 Å². The van der Waals surface area contributed by atoms with Crippen molar-refractivity contribution < 1.29 is 0 Å². The summed E-state index contributed by atoms with van der Waals surface area (Å²) in [6.07, 6.45) is 0. The van der Waals surface area contributed by atoms with Gasteiger partial charge in [0.25, 0.3) is 0 Å². The zero-order chi connectivity index (χ0) is 67.3. The van der Waals surface area contributed by atoms with E-state index < -0.39 is 5.41 Å². The molecule has 0 radical (unpaired) electrons. The maximum absolute atomic E-state index is 2.49. The largest absolute Gasteiger partial charge is 0.310 e. The Kier molecular flexibility index (Phi) is 16.6. The van der Waals surface area contributed by atoms with E-state index in [0.717, 1.165) is 102 Å². The monoisotopic (exact) mass is 1290 g/mol. The first-order valence-corrected chi connectivity index (χ1v) is 34.6. The fourth-order valence-electron chi connectivity index (χ4n) is 15.0. The first-order valence-electron chi connectivity index (χ1n) is 34.6. The molecule has 0 spiro atoms. The van der Waals surface area contributed by atoms with Crippen LogP contribution in [-0.4, -0.2) is 0 Å². The summed E-state index contributed by atoms with van der Waals surface area (Å²) in [4.78, 5) is 9.77. The van der Waals surface area contributed by atoms with Crippen LogP contribution >= 0.6 is 0 Å². The molecule has 0 fully saturated rings. The highest BCUT2D eigenvalue weighted by atomic mass is 15.2. The predicted molar refractivity (Wildman–Crippen MR) is 424 cm³/mol. The Labute approximate surface area is 592 Å². The van der Waals surface area contributed by atoms with E-state index in [0.29, 0.717) is 0 Å². The van der Waals surface area contributed by atoms with Crippen molar-refractivity contribution in [3.05, 3.63) is 447 Å². The summed E-state index contributed by atoms with van der Waals surface area (Å²) < 4.78 is 0. The summed E-state index contributed by atoms with van der Waals surface area (Å²) in [6, 6.07) is 155. The van der Waals surface area contributed by atoms with E-state index in [1.54, 1.807) is 0 Å². The minimum Gasteiger partial charge on any atom is -0.310 e. The van der Waals surface area contributed by atoms with E-state index >= 15 is 0 Å². The van der Waals surface area contributed by atoms with Gasteiger partial charge in [-0.15, -0.1) is 0 Å². The maximum atomic E-state index is 2.49. The highest BCUT2D eigenvalue weighted by Crippen LogP contribution is 2.60. The van der Waals surface area contributed by atoms with Gasteiger partial charge in [-0.3, -0.25) is 0 Å². The molecule has 0 N–H and O–H groups in total. The molecule has 0 heterocycles. The number of benzene rings is 16. The van der Waals surface area contributed by atoms with Gasteiger partial charge in [-0.1, -0.05) is 291 Å². The van der Waals surface area contributed by atoms with Crippen LogP contribution in [0.15, 0.2) is 425 Å². The van der Waals surface area contributed by atoms with Gasteiger partial charge in [0.2, 0.25) is 0 Å². The summed E-state index contributed by atoms with van der Waals surface area (Å²) in [6.45, 7) is 0. The Hall–Kier alpha value is -13.3. The highest BCUT2D eigenvalue weighted by molar-refractivity contribution is 5.93. The van der Waals surface area contributed by atoms with Crippen molar-refractivity contribution in [2.75, 3.05) is 19.6 Å². The van der Waals surface area contributed by atoms with Gasteiger partial charge in [-0.25, -0.2) is 0 Å². The third-order valence-electron chi connectivity index (χ3n) is 19.6. The normalized spacial score (nSPS) is 11.8. The fourth-order valence-corrected chi connectivity index (χ4v) is 15.0. The van der Waals surface area contributed by atoms with Crippen LogP contribution in [0, 0.1) is 0 Å². The molecule has 0 bridgehead atoms. The summed E-state index contributed by atoms with van der Waals surface area (Å²) in [5, 5.41) is 0. The van der Waals surface area contributed by atoms with Gasteiger partial charge in [0.15, 0.2) is 0 Å². The van der Waals surface area contributed by atoms with Crippen molar-refractivity contribution in [3.63, 3.8) is 0 Å². The van der Waals surface area contributed by atoms with Crippen LogP contribution in [0.3, 0.4) is 0 Å². The summed E-state index contributed by atoms with van der Waals surface area (Å²) in [7, 11) is 0. The first-order chi connectivity index (χ1) is 50.1. The molecule has 0 amide bonds. The molecule has 478 valence electrons. The lowest BCUT2D eigenvalue weighted by Crippen LogP contribution is -2.30. The average molecular weight is 1290 g/mol. The predicted octanol–water partition coefficient (Wildman–Crippen LogP) is 26.6. The van der Waals surface area contributed by atoms with E-state index in [9.17, 15) is 0 Å². The van der Waals surface area contributed by atoms with Crippen LogP contribution in [0.1, 0.15) is 22.3 Å². The molecule has 16 aromatic carbocycles. The number of rotatable bonds is 18. The molecule has 4 nitrogen and oxygen atoms in total. The van der Waals surface area contributed by atoms with Crippen molar-refractivity contribution >= 4 is 68.2 Å². The van der Waals surface area contributed by atoms with Gasteiger partial charge in [0, 0.05) is 68.2 Å². The Morgan fingerprint density at radius 3 is 0.545 bits per heavy atom. The molecule has 0 saturated heterocycles. The molecule has 16 aromatic rings. The number of fused-ring (bicyclic) bond motifs is 3. The molecule has 0 aromatic heterocycles. The molecule has 1 aliphatic rings. The van der Waals surface area contributed by atoms with Crippen LogP contribution in [0.2, 0.25) is 0 Å². The number of para-hydroxylation sites is 4. The van der Waals surface area contributed by atoms with Gasteiger partial charge in [-0.05, 0) is 211 Å². The summed E-state index contributed by atoms with van der Waals surface area (Å²) in [5.41, 5.74) is 27.3. The van der Waals surface area contributed by atoms with Gasteiger partial charge in [0.1, 0.15) is 0 Å². The molecule has 1 aliphatic carbocycles. The van der Waals surface area contributed by atoms with E-state index in [-0.39, 0.29) is 0 Å². The minimum atomic E-state index is -0.999. The van der Waals surface area contributed by atoms with Crippen molar-refractivity contribution in [1.82, 2.24) is 0 Å². The van der Waals surface area contributed by atoms with Crippen LogP contribution in [0.25, 0.3) is 55.6 Å². The zero-order valence-electron chi connectivity index (χ0n) is 55.7. The van der Waals surface area contributed by atoms with E-state index in [1.165, 1.54) is 44.5 Å². The fraction of sp³-hybridized carbons (Fsp3) is 0.0103.